The molecule has 2 heteroatoms. The van der Waals surface area contributed by atoms with Crippen molar-refractivity contribution in [2.24, 2.45) is 0 Å². The van der Waals surface area contributed by atoms with Crippen molar-refractivity contribution in [3.8, 4) is 27.9 Å². The van der Waals surface area contributed by atoms with Gasteiger partial charge in [0.25, 0.3) is 0 Å². The minimum atomic E-state index is 1.12. The van der Waals surface area contributed by atoms with E-state index >= 15 is 0 Å². The van der Waals surface area contributed by atoms with Crippen LogP contribution in [0.3, 0.4) is 0 Å². The third-order valence-electron chi connectivity index (χ3n) is 10.4. The van der Waals surface area contributed by atoms with Crippen molar-refractivity contribution in [2.75, 3.05) is 4.90 Å². The lowest BCUT2D eigenvalue weighted by atomic mass is 9.95. The van der Waals surface area contributed by atoms with Gasteiger partial charge in [-0.3, -0.25) is 0 Å². The van der Waals surface area contributed by atoms with Gasteiger partial charge < -0.3 is 9.47 Å². The Bertz CT molecular complexity index is 2810. The number of hydrogen-bond acceptors (Lipinski definition) is 1. The number of para-hydroxylation sites is 2. The van der Waals surface area contributed by atoms with Crippen molar-refractivity contribution in [3.05, 3.63) is 206 Å². The van der Waals surface area contributed by atoms with E-state index < -0.39 is 0 Å². The summed E-state index contributed by atoms with van der Waals surface area (Å²) < 4.78 is 2.38. The van der Waals surface area contributed by atoms with Gasteiger partial charge >= 0.3 is 0 Å². The van der Waals surface area contributed by atoms with Crippen LogP contribution in [0.1, 0.15) is 0 Å². The van der Waals surface area contributed by atoms with Gasteiger partial charge in [0.2, 0.25) is 0 Å². The maximum absolute atomic E-state index is 2.41. The summed E-state index contributed by atoms with van der Waals surface area (Å²) in [5.74, 6) is 0. The molecule has 2 nitrogen and oxygen atoms in total. The third-order valence-corrected chi connectivity index (χ3v) is 10.4. The minimum Gasteiger partial charge on any atom is -0.309 e. The Morgan fingerprint density at radius 1 is 0.346 bits per heavy atom. The largest absolute Gasteiger partial charge is 0.309 e. The predicted octanol–water partition coefficient (Wildman–Crippen LogP) is 13.9. The molecule has 52 heavy (non-hydrogen) atoms. The molecule has 244 valence electrons. The summed E-state index contributed by atoms with van der Waals surface area (Å²) >= 11 is 0. The summed E-state index contributed by atoms with van der Waals surface area (Å²) in [4.78, 5) is 2.41. The Morgan fingerprint density at radius 3 is 1.60 bits per heavy atom. The van der Waals surface area contributed by atoms with Gasteiger partial charge in [0.05, 0.1) is 22.4 Å². The zero-order valence-corrected chi connectivity index (χ0v) is 28.5. The first kappa shape index (κ1) is 30.0. The summed E-state index contributed by atoms with van der Waals surface area (Å²) in [5.41, 5.74) is 11.8. The van der Waals surface area contributed by atoms with Crippen LogP contribution < -0.4 is 4.90 Å². The number of rotatable bonds is 6. The lowest BCUT2D eigenvalue weighted by molar-refractivity contribution is 1.18. The van der Waals surface area contributed by atoms with Gasteiger partial charge in [-0.05, 0) is 87.6 Å². The predicted molar refractivity (Wildman–Crippen MR) is 221 cm³/mol. The van der Waals surface area contributed by atoms with Gasteiger partial charge in [-0.15, -0.1) is 0 Å². The smallest absolute Gasteiger partial charge is 0.0547 e. The van der Waals surface area contributed by atoms with Gasteiger partial charge in [-0.1, -0.05) is 152 Å². The number of fused-ring (bicyclic) bond motifs is 5. The molecule has 0 aliphatic rings. The first-order valence-corrected chi connectivity index (χ1v) is 17.9. The van der Waals surface area contributed by atoms with E-state index in [-0.39, 0.29) is 0 Å². The van der Waals surface area contributed by atoms with Crippen LogP contribution >= 0.6 is 0 Å². The molecular formula is C50H34N2. The van der Waals surface area contributed by atoms with E-state index in [4.69, 9.17) is 0 Å². The molecular weight excluding hydrogens is 629 g/mol. The standard InChI is InChI=1S/C50H34N2/c1-2-20-40(21-3-1)52-48-26-9-8-24-45(48)50-44(25-13-29-49(50)52)39-19-10-18-38(34-39)35-30-32-41(33-31-35)51(46-27-11-16-36-14-4-6-22-42(36)46)47-28-12-17-37-15-5-7-23-43(37)47/h1-34H. The van der Waals surface area contributed by atoms with Gasteiger partial charge in [0, 0.05) is 32.9 Å². The maximum atomic E-state index is 2.41. The van der Waals surface area contributed by atoms with E-state index in [2.05, 4.69) is 216 Å². The highest BCUT2D eigenvalue weighted by molar-refractivity contribution is 6.16. The fourth-order valence-electron chi connectivity index (χ4n) is 8.00. The lowest BCUT2D eigenvalue weighted by Crippen LogP contribution is -2.11. The molecule has 0 aliphatic heterocycles. The van der Waals surface area contributed by atoms with Gasteiger partial charge in [-0.25, -0.2) is 0 Å². The Hall–Kier alpha value is -6.90. The molecule has 0 unspecified atom stereocenters. The molecule has 0 spiro atoms. The quantitative estimate of drug-likeness (QED) is 0.172. The fraction of sp³-hybridized carbons (Fsp3) is 0. The number of anilines is 3. The molecule has 0 saturated carbocycles. The molecule has 10 rings (SSSR count). The van der Waals surface area contributed by atoms with E-state index in [1.54, 1.807) is 0 Å². The molecule has 0 atom stereocenters. The lowest BCUT2D eigenvalue weighted by Gasteiger charge is -2.28. The van der Waals surface area contributed by atoms with E-state index in [1.165, 1.54) is 71.3 Å². The van der Waals surface area contributed by atoms with Crippen molar-refractivity contribution in [1.29, 1.82) is 0 Å². The molecule has 1 heterocycles. The number of aromatic nitrogens is 1. The molecule has 0 aliphatic carbocycles. The molecule has 0 N–H and O–H groups in total. The molecule has 0 bridgehead atoms. The van der Waals surface area contributed by atoms with Crippen LogP contribution in [-0.4, -0.2) is 4.57 Å². The SMILES string of the molecule is c1ccc(-n2c3ccccc3c3c(-c4cccc(-c5ccc(N(c6cccc7ccccc67)c6cccc7ccccc67)cc5)c4)cccc32)cc1. The first-order valence-electron chi connectivity index (χ1n) is 17.9. The average Bonchev–Trinajstić information content (AvgIpc) is 3.56. The summed E-state index contributed by atoms with van der Waals surface area (Å²) in [6.45, 7) is 0. The van der Waals surface area contributed by atoms with Crippen LogP contribution in [0, 0.1) is 0 Å². The highest BCUT2D eigenvalue weighted by Crippen LogP contribution is 2.43. The van der Waals surface area contributed by atoms with Crippen molar-refractivity contribution in [2.45, 2.75) is 0 Å². The third kappa shape index (κ3) is 4.96. The zero-order valence-electron chi connectivity index (χ0n) is 28.5. The average molecular weight is 663 g/mol. The van der Waals surface area contributed by atoms with Gasteiger partial charge in [0.1, 0.15) is 0 Å². The second kappa shape index (κ2) is 12.5. The highest BCUT2D eigenvalue weighted by atomic mass is 15.1. The number of nitrogens with zero attached hydrogens (tertiary/aromatic N) is 2. The summed E-state index contributed by atoms with van der Waals surface area (Å²) in [5, 5.41) is 7.42. The highest BCUT2D eigenvalue weighted by Gasteiger charge is 2.19. The number of benzene rings is 9. The summed E-state index contributed by atoms with van der Waals surface area (Å²) in [6.07, 6.45) is 0. The molecule has 0 saturated heterocycles. The topological polar surface area (TPSA) is 8.17 Å². The molecule has 0 amide bonds. The van der Waals surface area contributed by atoms with Crippen LogP contribution in [0.4, 0.5) is 17.1 Å². The van der Waals surface area contributed by atoms with E-state index in [0.29, 0.717) is 0 Å². The van der Waals surface area contributed by atoms with Crippen LogP contribution in [-0.2, 0) is 0 Å². The Kier molecular flexibility index (Phi) is 7.18. The first-order chi connectivity index (χ1) is 25.8. The molecule has 10 aromatic rings. The van der Waals surface area contributed by atoms with Crippen molar-refractivity contribution in [3.63, 3.8) is 0 Å². The number of hydrogen-bond donors (Lipinski definition) is 0. The Labute approximate surface area is 303 Å². The van der Waals surface area contributed by atoms with E-state index in [0.717, 1.165) is 17.1 Å². The second-order valence-electron chi connectivity index (χ2n) is 13.3. The maximum Gasteiger partial charge on any atom is 0.0547 e. The molecule has 0 fully saturated rings. The Morgan fingerprint density at radius 2 is 0.885 bits per heavy atom. The minimum absolute atomic E-state index is 1.12. The van der Waals surface area contributed by atoms with Crippen molar-refractivity contribution in [1.82, 2.24) is 4.57 Å². The van der Waals surface area contributed by atoms with E-state index in [9.17, 15) is 0 Å². The van der Waals surface area contributed by atoms with Gasteiger partial charge in [0.15, 0.2) is 0 Å². The van der Waals surface area contributed by atoms with Crippen LogP contribution in [0.25, 0.3) is 71.3 Å². The van der Waals surface area contributed by atoms with Crippen molar-refractivity contribution >= 4 is 60.4 Å². The molecule has 0 radical (unpaired) electrons. The molecule has 9 aromatic carbocycles. The normalized spacial score (nSPS) is 11.5. The zero-order chi connectivity index (χ0) is 34.4. The van der Waals surface area contributed by atoms with Crippen molar-refractivity contribution < 1.29 is 0 Å². The second-order valence-corrected chi connectivity index (χ2v) is 13.3. The summed E-state index contributed by atoms with van der Waals surface area (Å²) in [7, 11) is 0. The van der Waals surface area contributed by atoms with Crippen LogP contribution in [0.5, 0.6) is 0 Å². The Balaban J connectivity index is 1.09. The fourth-order valence-corrected chi connectivity index (χ4v) is 8.00. The van der Waals surface area contributed by atoms with Gasteiger partial charge in [-0.2, -0.15) is 0 Å². The van der Waals surface area contributed by atoms with E-state index in [1.807, 2.05) is 0 Å². The van der Waals surface area contributed by atoms with Crippen LogP contribution in [0.2, 0.25) is 0 Å². The monoisotopic (exact) mass is 662 g/mol. The van der Waals surface area contributed by atoms with Crippen LogP contribution in [0.15, 0.2) is 206 Å². The summed E-state index contributed by atoms with van der Waals surface area (Å²) in [6, 6.07) is 74.6. The molecule has 1 aromatic heterocycles.